The molecule has 1 aliphatic heterocycles. The SMILES string of the molecule is CCN(Cc1ccc(C(=O)N2CCNCC2c2cccc(F)c2)cc1)C1CC1.Cl.Cl. The van der Waals surface area contributed by atoms with E-state index in [4.69, 9.17) is 0 Å². The zero-order valence-electron chi connectivity index (χ0n) is 17.2. The van der Waals surface area contributed by atoms with Crippen molar-refractivity contribution in [3.8, 4) is 0 Å². The number of piperazine rings is 1. The van der Waals surface area contributed by atoms with E-state index in [0.717, 1.165) is 31.2 Å². The first-order valence-corrected chi connectivity index (χ1v) is 10.3. The van der Waals surface area contributed by atoms with Crippen molar-refractivity contribution in [2.24, 2.45) is 0 Å². The Bertz CT molecular complexity index is 829. The van der Waals surface area contributed by atoms with Gasteiger partial charge in [-0.3, -0.25) is 9.69 Å². The van der Waals surface area contributed by atoms with E-state index in [2.05, 4.69) is 29.3 Å². The Morgan fingerprint density at radius 2 is 1.90 bits per heavy atom. The summed E-state index contributed by atoms with van der Waals surface area (Å²) < 4.78 is 13.7. The van der Waals surface area contributed by atoms with E-state index in [0.29, 0.717) is 18.7 Å². The first kappa shape index (κ1) is 24.6. The molecule has 1 saturated heterocycles. The summed E-state index contributed by atoms with van der Waals surface area (Å²) in [6.07, 6.45) is 2.60. The van der Waals surface area contributed by atoms with Crippen LogP contribution in [0.5, 0.6) is 0 Å². The number of rotatable bonds is 6. The van der Waals surface area contributed by atoms with E-state index in [-0.39, 0.29) is 42.6 Å². The number of carbonyl (C=O) groups excluding carboxylic acids is 1. The maximum Gasteiger partial charge on any atom is 0.254 e. The summed E-state index contributed by atoms with van der Waals surface area (Å²) in [5, 5.41) is 3.32. The van der Waals surface area contributed by atoms with E-state index in [1.54, 1.807) is 6.07 Å². The molecule has 2 fully saturated rings. The summed E-state index contributed by atoms with van der Waals surface area (Å²) in [6, 6.07) is 15.1. The fraction of sp³-hybridized carbons (Fsp3) is 0.435. The molecular weight excluding hydrogens is 424 g/mol. The molecule has 2 aromatic rings. The summed E-state index contributed by atoms with van der Waals surface area (Å²) in [5.41, 5.74) is 2.77. The lowest BCUT2D eigenvalue weighted by molar-refractivity contribution is 0.0634. The molecule has 1 amide bonds. The van der Waals surface area contributed by atoms with Gasteiger partial charge in [0.1, 0.15) is 5.82 Å². The quantitative estimate of drug-likeness (QED) is 0.701. The molecule has 1 N–H and O–H groups in total. The van der Waals surface area contributed by atoms with Crippen LogP contribution in [0.25, 0.3) is 0 Å². The molecule has 7 heteroatoms. The highest BCUT2D eigenvalue weighted by molar-refractivity contribution is 5.94. The van der Waals surface area contributed by atoms with Gasteiger partial charge in [0.15, 0.2) is 0 Å². The number of nitrogens with zero attached hydrogens (tertiary/aromatic N) is 2. The van der Waals surface area contributed by atoms with Crippen LogP contribution in [0.15, 0.2) is 48.5 Å². The van der Waals surface area contributed by atoms with Gasteiger partial charge in [0.2, 0.25) is 0 Å². The Morgan fingerprint density at radius 3 is 2.53 bits per heavy atom. The smallest absolute Gasteiger partial charge is 0.254 e. The van der Waals surface area contributed by atoms with Crippen LogP contribution in [0.2, 0.25) is 0 Å². The lowest BCUT2D eigenvalue weighted by atomic mass is 10.0. The second kappa shape index (κ2) is 11.1. The van der Waals surface area contributed by atoms with Gasteiger partial charge >= 0.3 is 0 Å². The summed E-state index contributed by atoms with van der Waals surface area (Å²) in [5.74, 6) is -0.257. The van der Waals surface area contributed by atoms with E-state index < -0.39 is 0 Å². The van der Waals surface area contributed by atoms with Gasteiger partial charge in [0.25, 0.3) is 5.91 Å². The largest absolute Gasteiger partial charge is 0.329 e. The first-order valence-electron chi connectivity index (χ1n) is 10.3. The maximum atomic E-state index is 13.7. The van der Waals surface area contributed by atoms with Crippen LogP contribution in [0, 0.1) is 5.82 Å². The second-order valence-electron chi connectivity index (χ2n) is 7.76. The third-order valence-corrected chi connectivity index (χ3v) is 5.79. The van der Waals surface area contributed by atoms with E-state index in [1.165, 1.54) is 30.5 Å². The lowest BCUT2D eigenvalue weighted by Gasteiger charge is -2.36. The van der Waals surface area contributed by atoms with Gasteiger partial charge in [-0.15, -0.1) is 24.8 Å². The molecule has 0 bridgehead atoms. The Balaban J connectivity index is 0.00000160. The molecular formula is C23H30Cl2FN3O. The Labute approximate surface area is 190 Å². The molecule has 2 aliphatic rings. The van der Waals surface area contributed by atoms with Crippen LogP contribution in [0.4, 0.5) is 4.39 Å². The van der Waals surface area contributed by atoms with Crippen LogP contribution in [0.3, 0.4) is 0 Å². The van der Waals surface area contributed by atoms with Crippen LogP contribution in [-0.2, 0) is 6.54 Å². The second-order valence-corrected chi connectivity index (χ2v) is 7.76. The summed E-state index contributed by atoms with van der Waals surface area (Å²) in [6.45, 7) is 6.21. The van der Waals surface area contributed by atoms with Crippen molar-refractivity contribution in [2.75, 3.05) is 26.2 Å². The number of carbonyl (C=O) groups is 1. The number of halogens is 3. The average molecular weight is 454 g/mol. The summed E-state index contributed by atoms with van der Waals surface area (Å²) >= 11 is 0. The number of amides is 1. The zero-order valence-corrected chi connectivity index (χ0v) is 18.9. The number of hydrogen-bond acceptors (Lipinski definition) is 3. The Hall–Kier alpha value is -1.66. The predicted molar refractivity (Wildman–Crippen MR) is 123 cm³/mol. The zero-order chi connectivity index (χ0) is 19.5. The molecule has 164 valence electrons. The lowest BCUT2D eigenvalue weighted by Crippen LogP contribution is -2.48. The molecule has 1 atom stereocenters. The van der Waals surface area contributed by atoms with Crippen molar-refractivity contribution in [1.29, 1.82) is 0 Å². The summed E-state index contributed by atoms with van der Waals surface area (Å²) in [7, 11) is 0. The fourth-order valence-corrected chi connectivity index (χ4v) is 4.05. The number of hydrogen-bond donors (Lipinski definition) is 1. The number of benzene rings is 2. The predicted octanol–water partition coefficient (Wildman–Crippen LogP) is 4.44. The Morgan fingerprint density at radius 1 is 1.17 bits per heavy atom. The highest BCUT2D eigenvalue weighted by atomic mass is 35.5. The minimum Gasteiger partial charge on any atom is -0.329 e. The van der Waals surface area contributed by atoms with Crippen LogP contribution in [-0.4, -0.2) is 47.9 Å². The molecule has 0 aromatic heterocycles. The molecule has 2 aromatic carbocycles. The molecule has 4 rings (SSSR count). The molecule has 1 heterocycles. The Kier molecular flexibility index (Phi) is 9.10. The molecule has 1 unspecified atom stereocenters. The highest BCUT2D eigenvalue weighted by Crippen LogP contribution is 2.28. The molecule has 0 spiro atoms. The van der Waals surface area contributed by atoms with Gasteiger partial charge in [0.05, 0.1) is 6.04 Å². The molecule has 4 nitrogen and oxygen atoms in total. The standard InChI is InChI=1S/C23H28FN3O.2ClH/c1-2-26(21-10-11-21)16-17-6-8-18(9-7-17)23(28)27-13-12-25-15-22(27)19-4-3-5-20(24)14-19;;/h3-9,14,21-22,25H,2,10-13,15-16H2,1H3;2*1H. The molecule has 30 heavy (non-hydrogen) atoms. The van der Waals surface area contributed by atoms with Gasteiger partial charge in [-0.1, -0.05) is 31.2 Å². The van der Waals surface area contributed by atoms with Crippen molar-refractivity contribution in [3.63, 3.8) is 0 Å². The van der Waals surface area contributed by atoms with Crippen molar-refractivity contribution in [3.05, 3.63) is 71.0 Å². The van der Waals surface area contributed by atoms with Crippen LogP contribution in [0.1, 0.15) is 47.3 Å². The van der Waals surface area contributed by atoms with Gasteiger partial charge in [-0.2, -0.15) is 0 Å². The maximum absolute atomic E-state index is 13.7. The third kappa shape index (κ3) is 5.73. The first-order chi connectivity index (χ1) is 13.7. The normalized spacial score (nSPS) is 18.5. The molecule has 1 aliphatic carbocycles. The van der Waals surface area contributed by atoms with Crippen molar-refractivity contribution < 1.29 is 9.18 Å². The van der Waals surface area contributed by atoms with Gasteiger partial charge < -0.3 is 10.2 Å². The van der Waals surface area contributed by atoms with E-state index in [1.807, 2.05) is 23.1 Å². The highest BCUT2D eigenvalue weighted by Gasteiger charge is 2.29. The van der Waals surface area contributed by atoms with Crippen molar-refractivity contribution >= 4 is 30.7 Å². The average Bonchev–Trinajstić information content (AvgIpc) is 3.57. The van der Waals surface area contributed by atoms with Crippen LogP contribution >= 0.6 is 24.8 Å². The fourth-order valence-electron chi connectivity index (χ4n) is 4.05. The van der Waals surface area contributed by atoms with Crippen molar-refractivity contribution in [1.82, 2.24) is 15.1 Å². The van der Waals surface area contributed by atoms with E-state index in [9.17, 15) is 9.18 Å². The topological polar surface area (TPSA) is 35.6 Å². The molecule has 1 saturated carbocycles. The minimum atomic E-state index is -0.268. The number of nitrogens with one attached hydrogen (secondary N) is 1. The van der Waals surface area contributed by atoms with E-state index >= 15 is 0 Å². The van der Waals surface area contributed by atoms with Gasteiger partial charge in [-0.05, 0) is 54.8 Å². The molecule has 0 radical (unpaired) electrons. The minimum absolute atomic E-state index is 0. The summed E-state index contributed by atoms with van der Waals surface area (Å²) in [4.78, 5) is 17.5. The monoisotopic (exact) mass is 453 g/mol. The van der Waals surface area contributed by atoms with Gasteiger partial charge in [-0.25, -0.2) is 4.39 Å². The van der Waals surface area contributed by atoms with Crippen molar-refractivity contribution in [2.45, 2.75) is 38.4 Å². The third-order valence-electron chi connectivity index (χ3n) is 5.79. The van der Waals surface area contributed by atoms with Crippen LogP contribution < -0.4 is 5.32 Å². The van der Waals surface area contributed by atoms with Gasteiger partial charge in [0, 0.05) is 37.8 Å².